The highest BCUT2D eigenvalue weighted by Crippen LogP contribution is 2.39. The van der Waals surface area contributed by atoms with E-state index in [2.05, 4.69) is 15.5 Å². The zero-order chi connectivity index (χ0) is 22.0. The number of nitrogens with zero attached hydrogens (tertiary/aromatic N) is 3. The monoisotopic (exact) mass is 496 g/mol. The van der Waals surface area contributed by atoms with Crippen molar-refractivity contribution in [1.82, 2.24) is 10.2 Å². The number of rotatable bonds is 6. The molecule has 1 atom stereocenters. The Kier molecular flexibility index (Phi) is 6.37. The second kappa shape index (κ2) is 9.03. The maximum absolute atomic E-state index is 13.3. The van der Waals surface area contributed by atoms with E-state index in [4.69, 9.17) is 16.3 Å². The summed E-state index contributed by atoms with van der Waals surface area (Å²) in [6.07, 6.45) is -1.08. The highest BCUT2D eigenvalue weighted by molar-refractivity contribution is 8.01. The number of amides is 1. The second-order valence-electron chi connectivity index (χ2n) is 6.36. The molecule has 31 heavy (non-hydrogen) atoms. The van der Waals surface area contributed by atoms with Crippen LogP contribution in [0.25, 0.3) is 0 Å². The fraction of sp³-hybridized carbons (Fsp3) is 0.211. The molecule has 4 rings (SSSR count). The van der Waals surface area contributed by atoms with Crippen molar-refractivity contribution in [3.63, 3.8) is 0 Å². The lowest BCUT2D eigenvalue weighted by molar-refractivity contribution is -0.122. The van der Waals surface area contributed by atoms with Crippen LogP contribution in [-0.4, -0.2) is 42.9 Å². The number of aromatic nitrogens is 2. The number of hydrogen-bond donors (Lipinski definition) is 1. The smallest absolute Gasteiger partial charge is 0.269 e. The van der Waals surface area contributed by atoms with Crippen molar-refractivity contribution in [1.29, 1.82) is 0 Å². The van der Waals surface area contributed by atoms with Crippen LogP contribution in [0.15, 0.2) is 57.8 Å². The standard InChI is InChI=1S/C19H17ClN4O4S3/c1-2-29-19-23-22-18(30-19)21-17(25)16-11-24(14-10-12(20)8-9-15(14)28-16)31(26,27)13-6-4-3-5-7-13/h3-10,16H,2,11H2,1H3,(H,21,22,25). The van der Waals surface area contributed by atoms with E-state index in [1.807, 2.05) is 6.92 Å². The molecule has 0 spiro atoms. The van der Waals surface area contributed by atoms with E-state index >= 15 is 0 Å². The minimum absolute atomic E-state index is 0.104. The fourth-order valence-corrected chi connectivity index (χ4v) is 6.24. The van der Waals surface area contributed by atoms with Gasteiger partial charge >= 0.3 is 0 Å². The number of fused-ring (bicyclic) bond motifs is 1. The number of nitrogens with one attached hydrogen (secondary N) is 1. The Morgan fingerprint density at radius 2 is 2.06 bits per heavy atom. The summed E-state index contributed by atoms with van der Waals surface area (Å²) < 4.78 is 34.4. The summed E-state index contributed by atoms with van der Waals surface area (Å²) in [4.78, 5) is 13.0. The third kappa shape index (κ3) is 4.64. The topological polar surface area (TPSA) is 101 Å². The predicted molar refractivity (Wildman–Crippen MR) is 122 cm³/mol. The zero-order valence-corrected chi connectivity index (χ0v) is 19.4. The molecule has 2 heterocycles. The Morgan fingerprint density at radius 1 is 1.29 bits per heavy atom. The maximum atomic E-state index is 13.3. The van der Waals surface area contributed by atoms with Gasteiger partial charge in [0.25, 0.3) is 15.9 Å². The Bertz CT molecular complexity index is 1200. The van der Waals surface area contributed by atoms with Crippen molar-refractivity contribution in [2.24, 2.45) is 0 Å². The number of halogens is 1. The van der Waals surface area contributed by atoms with E-state index < -0.39 is 22.0 Å². The molecule has 8 nitrogen and oxygen atoms in total. The van der Waals surface area contributed by atoms with Gasteiger partial charge in [-0.2, -0.15) is 0 Å². The van der Waals surface area contributed by atoms with Crippen LogP contribution in [-0.2, 0) is 14.8 Å². The quantitative estimate of drug-likeness (QED) is 0.408. The van der Waals surface area contributed by atoms with Crippen molar-refractivity contribution in [3.05, 3.63) is 53.6 Å². The van der Waals surface area contributed by atoms with Crippen molar-refractivity contribution >= 4 is 61.4 Å². The number of hydrogen-bond acceptors (Lipinski definition) is 8. The first-order valence-corrected chi connectivity index (χ1v) is 12.8. The molecule has 1 aliphatic rings. The van der Waals surface area contributed by atoms with Crippen molar-refractivity contribution in [2.45, 2.75) is 22.3 Å². The molecule has 0 saturated carbocycles. The largest absolute Gasteiger partial charge is 0.476 e. The Morgan fingerprint density at radius 3 is 2.81 bits per heavy atom. The van der Waals surface area contributed by atoms with Crippen LogP contribution in [0.4, 0.5) is 10.8 Å². The van der Waals surface area contributed by atoms with Crippen LogP contribution < -0.4 is 14.4 Å². The average Bonchev–Trinajstić information content (AvgIpc) is 3.20. The summed E-state index contributed by atoms with van der Waals surface area (Å²) in [7, 11) is -3.95. The summed E-state index contributed by atoms with van der Waals surface area (Å²) >= 11 is 8.86. The fourth-order valence-electron chi connectivity index (χ4n) is 2.94. The minimum atomic E-state index is -3.95. The Labute approximate surface area is 192 Å². The summed E-state index contributed by atoms with van der Waals surface area (Å²) in [5, 5.41) is 11.3. The summed E-state index contributed by atoms with van der Waals surface area (Å²) in [6.45, 7) is 1.78. The number of thioether (sulfide) groups is 1. The second-order valence-corrected chi connectivity index (χ2v) is 11.2. The number of ether oxygens (including phenoxy) is 1. The molecule has 1 unspecified atom stereocenters. The number of carbonyl (C=O) groups is 1. The lowest BCUT2D eigenvalue weighted by Crippen LogP contribution is -2.48. The van der Waals surface area contributed by atoms with Crippen LogP contribution in [0.3, 0.4) is 0 Å². The van der Waals surface area contributed by atoms with Gasteiger partial charge < -0.3 is 4.74 Å². The Balaban J connectivity index is 1.64. The molecule has 0 fully saturated rings. The third-order valence-electron chi connectivity index (χ3n) is 4.32. The van der Waals surface area contributed by atoms with Gasteiger partial charge in [-0.25, -0.2) is 8.42 Å². The lowest BCUT2D eigenvalue weighted by Gasteiger charge is -2.34. The van der Waals surface area contributed by atoms with Crippen LogP contribution in [0, 0.1) is 0 Å². The van der Waals surface area contributed by atoms with E-state index in [1.165, 1.54) is 41.3 Å². The first-order chi connectivity index (χ1) is 14.9. The molecular formula is C19H17ClN4O4S3. The first kappa shape index (κ1) is 21.9. The van der Waals surface area contributed by atoms with Gasteiger partial charge in [-0.1, -0.05) is 59.8 Å². The molecule has 0 aliphatic carbocycles. The van der Waals surface area contributed by atoms with Gasteiger partial charge in [0, 0.05) is 5.02 Å². The molecule has 1 aliphatic heterocycles. The molecule has 3 aromatic rings. The highest BCUT2D eigenvalue weighted by atomic mass is 35.5. The van der Waals surface area contributed by atoms with Gasteiger partial charge in [-0.05, 0) is 36.1 Å². The summed E-state index contributed by atoms with van der Waals surface area (Å²) in [5.41, 5.74) is 0.276. The molecule has 12 heteroatoms. The maximum Gasteiger partial charge on any atom is 0.269 e. The minimum Gasteiger partial charge on any atom is -0.476 e. The van der Waals surface area contributed by atoms with E-state index in [0.29, 0.717) is 10.2 Å². The lowest BCUT2D eigenvalue weighted by atomic mass is 10.2. The third-order valence-corrected chi connectivity index (χ3v) is 8.20. The molecule has 162 valence electrons. The molecule has 0 radical (unpaired) electrons. The summed E-state index contributed by atoms with van der Waals surface area (Å²) in [6, 6.07) is 12.6. The van der Waals surface area contributed by atoms with Crippen LogP contribution in [0.5, 0.6) is 5.75 Å². The molecule has 1 amide bonds. The van der Waals surface area contributed by atoms with Crippen LogP contribution in [0.1, 0.15) is 6.92 Å². The van der Waals surface area contributed by atoms with Gasteiger partial charge in [-0.15, -0.1) is 10.2 Å². The van der Waals surface area contributed by atoms with Gasteiger partial charge in [0.1, 0.15) is 5.75 Å². The van der Waals surface area contributed by atoms with Gasteiger partial charge in [0.2, 0.25) is 5.13 Å². The molecule has 0 bridgehead atoms. The van der Waals surface area contributed by atoms with Crippen molar-refractivity contribution in [2.75, 3.05) is 21.9 Å². The van der Waals surface area contributed by atoms with Crippen LogP contribution >= 0.6 is 34.7 Å². The first-order valence-electron chi connectivity index (χ1n) is 9.19. The van der Waals surface area contributed by atoms with E-state index in [0.717, 1.165) is 14.4 Å². The van der Waals surface area contributed by atoms with Crippen molar-refractivity contribution < 1.29 is 17.9 Å². The van der Waals surface area contributed by atoms with Crippen LogP contribution in [0.2, 0.25) is 5.02 Å². The number of sulfonamides is 1. The molecular weight excluding hydrogens is 480 g/mol. The number of benzene rings is 2. The molecule has 1 aromatic heterocycles. The van der Waals surface area contributed by atoms with E-state index in [9.17, 15) is 13.2 Å². The zero-order valence-electron chi connectivity index (χ0n) is 16.2. The summed E-state index contributed by atoms with van der Waals surface area (Å²) in [5.74, 6) is 0.563. The van der Waals surface area contributed by atoms with Gasteiger partial charge in [-0.3, -0.25) is 14.4 Å². The normalized spacial score (nSPS) is 15.8. The Hall–Kier alpha value is -2.34. The van der Waals surface area contributed by atoms with E-state index in [-0.39, 0.29) is 22.9 Å². The SMILES string of the molecule is CCSc1nnc(NC(=O)C2CN(S(=O)(=O)c3ccccc3)c3cc(Cl)ccc3O2)s1. The molecule has 1 N–H and O–H groups in total. The molecule has 0 saturated heterocycles. The van der Waals surface area contributed by atoms with E-state index in [1.54, 1.807) is 30.3 Å². The number of carbonyl (C=O) groups excluding carboxylic acids is 1. The predicted octanol–water partition coefficient (Wildman–Crippen LogP) is 3.90. The van der Waals surface area contributed by atoms with Gasteiger partial charge in [0.05, 0.1) is 17.1 Å². The molecule has 2 aromatic carbocycles. The number of anilines is 2. The van der Waals surface area contributed by atoms with Gasteiger partial charge in [0.15, 0.2) is 10.4 Å². The highest BCUT2D eigenvalue weighted by Gasteiger charge is 2.38. The van der Waals surface area contributed by atoms with Crippen molar-refractivity contribution in [3.8, 4) is 5.75 Å². The average molecular weight is 497 g/mol.